The highest BCUT2D eigenvalue weighted by Gasteiger charge is 2.16. The van der Waals surface area contributed by atoms with Crippen molar-refractivity contribution in [1.29, 1.82) is 0 Å². The third-order valence-corrected chi connectivity index (χ3v) is 5.38. The van der Waals surface area contributed by atoms with Gasteiger partial charge in [0.25, 0.3) is 0 Å². The molecule has 0 aromatic carbocycles. The van der Waals surface area contributed by atoms with Crippen molar-refractivity contribution >= 4 is 27.4 Å². The Hall–Kier alpha value is -1.24. The summed E-state index contributed by atoms with van der Waals surface area (Å²) in [6.45, 7) is 7.34. The zero-order valence-corrected chi connectivity index (χ0v) is 13.6. The van der Waals surface area contributed by atoms with E-state index in [2.05, 4.69) is 29.2 Å². The number of rotatable bonds is 3. The standard InChI is InChI=1S/C15H23N5S/c1-10-11(2)21-15-13(10)14(19-16)17-12(18-15)9-20-7-5-3-4-6-8-20/h3-9,16H2,1-2H3,(H,17,18,19). The van der Waals surface area contributed by atoms with Crippen LogP contribution in [-0.2, 0) is 6.54 Å². The number of likely N-dealkylation sites (tertiary alicyclic amines) is 1. The molecule has 2 aromatic heterocycles. The molecule has 0 atom stereocenters. The van der Waals surface area contributed by atoms with Crippen LogP contribution in [0.5, 0.6) is 0 Å². The fourth-order valence-electron chi connectivity index (χ4n) is 2.96. The molecule has 114 valence electrons. The Labute approximate surface area is 129 Å². The van der Waals surface area contributed by atoms with Crippen LogP contribution in [-0.4, -0.2) is 28.0 Å². The molecule has 3 heterocycles. The molecule has 0 amide bonds. The number of nitrogens with one attached hydrogen (secondary N) is 1. The van der Waals surface area contributed by atoms with E-state index in [4.69, 9.17) is 10.8 Å². The summed E-state index contributed by atoms with van der Waals surface area (Å²) in [5.41, 5.74) is 3.98. The molecule has 0 bridgehead atoms. The third kappa shape index (κ3) is 3.02. The second-order valence-corrected chi connectivity index (χ2v) is 6.99. The first kappa shape index (κ1) is 14.7. The molecule has 0 unspecified atom stereocenters. The Balaban J connectivity index is 1.92. The Kier molecular flexibility index (Phi) is 4.37. The third-order valence-electron chi connectivity index (χ3n) is 4.28. The number of anilines is 1. The van der Waals surface area contributed by atoms with Gasteiger partial charge in [0.15, 0.2) is 5.82 Å². The molecule has 3 N–H and O–H groups in total. The second-order valence-electron chi connectivity index (χ2n) is 5.79. The molecule has 0 spiro atoms. The molecule has 1 saturated heterocycles. The summed E-state index contributed by atoms with van der Waals surface area (Å²) in [4.78, 5) is 14.2. The minimum Gasteiger partial charge on any atom is -0.308 e. The Morgan fingerprint density at radius 3 is 2.52 bits per heavy atom. The molecule has 1 aliphatic rings. The minimum atomic E-state index is 0.756. The lowest BCUT2D eigenvalue weighted by molar-refractivity contribution is 0.270. The van der Waals surface area contributed by atoms with Crippen LogP contribution in [0.3, 0.4) is 0 Å². The maximum Gasteiger partial charge on any atom is 0.152 e. The van der Waals surface area contributed by atoms with Gasteiger partial charge in [-0.25, -0.2) is 15.8 Å². The van der Waals surface area contributed by atoms with Gasteiger partial charge >= 0.3 is 0 Å². The van der Waals surface area contributed by atoms with E-state index >= 15 is 0 Å². The highest BCUT2D eigenvalue weighted by molar-refractivity contribution is 7.18. The largest absolute Gasteiger partial charge is 0.308 e. The number of hydrogen-bond donors (Lipinski definition) is 2. The number of nitrogens with zero attached hydrogens (tertiary/aromatic N) is 3. The molecular formula is C15H23N5S. The monoisotopic (exact) mass is 305 g/mol. The number of hydrogen-bond acceptors (Lipinski definition) is 6. The van der Waals surface area contributed by atoms with Crippen molar-refractivity contribution in [2.45, 2.75) is 46.1 Å². The van der Waals surface area contributed by atoms with Gasteiger partial charge in [-0.1, -0.05) is 12.8 Å². The van der Waals surface area contributed by atoms with E-state index in [1.54, 1.807) is 11.3 Å². The summed E-state index contributed by atoms with van der Waals surface area (Å²) in [5, 5.41) is 1.07. The molecule has 21 heavy (non-hydrogen) atoms. The number of hydrazine groups is 1. The van der Waals surface area contributed by atoms with Crippen LogP contribution in [0.15, 0.2) is 0 Å². The lowest BCUT2D eigenvalue weighted by Crippen LogP contribution is -2.25. The second kappa shape index (κ2) is 6.25. The molecule has 0 radical (unpaired) electrons. The van der Waals surface area contributed by atoms with E-state index in [0.717, 1.165) is 41.5 Å². The van der Waals surface area contributed by atoms with Crippen LogP contribution >= 0.6 is 11.3 Å². The van der Waals surface area contributed by atoms with Gasteiger partial charge in [-0.15, -0.1) is 11.3 Å². The lowest BCUT2D eigenvalue weighted by Gasteiger charge is -2.19. The van der Waals surface area contributed by atoms with E-state index in [0.29, 0.717) is 0 Å². The summed E-state index contributed by atoms with van der Waals surface area (Å²) < 4.78 is 0. The van der Waals surface area contributed by atoms with Crippen molar-refractivity contribution in [3.63, 3.8) is 0 Å². The average Bonchev–Trinajstić information content (AvgIpc) is 2.68. The molecule has 1 fully saturated rings. The van der Waals surface area contributed by atoms with Gasteiger partial charge in [0, 0.05) is 4.88 Å². The van der Waals surface area contributed by atoms with Crippen LogP contribution in [0.2, 0.25) is 0 Å². The Morgan fingerprint density at radius 1 is 1.14 bits per heavy atom. The number of aryl methyl sites for hydroxylation is 2. The quantitative estimate of drug-likeness (QED) is 0.674. The van der Waals surface area contributed by atoms with Crippen LogP contribution < -0.4 is 11.3 Å². The normalized spacial score (nSPS) is 17.1. The zero-order valence-electron chi connectivity index (χ0n) is 12.8. The summed E-state index contributed by atoms with van der Waals surface area (Å²) in [7, 11) is 0. The lowest BCUT2D eigenvalue weighted by atomic mass is 10.2. The molecule has 6 heteroatoms. The number of nitrogen functional groups attached to an aromatic ring is 1. The van der Waals surface area contributed by atoms with Crippen molar-refractivity contribution in [2.24, 2.45) is 5.84 Å². The first-order valence-corrected chi connectivity index (χ1v) is 8.46. The molecular weight excluding hydrogens is 282 g/mol. The molecule has 0 aliphatic carbocycles. The summed E-state index contributed by atoms with van der Waals surface area (Å²) in [6.07, 6.45) is 5.24. The SMILES string of the molecule is Cc1sc2nc(CN3CCCCCC3)nc(NN)c2c1C. The van der Waals surface area contributed by atoms with Gasteiger partial charge in [-0.3, -0.25) is 4.90 Å². The Bertz CT molecular complexity index is 629. The molecule has 5 nitrogen and oxygen atoms in total. The highest BCUT2D eigenvalue weighted by atomic mass is 32.1. The van der Waals surface area contributed by atoms with E-state index in [1.807, 2.05) is 0 Å². The topological polar surface area (TPSA) is 67.1 Å². The average molecular weight is 305 g/mol. The van der Waals surface area contributed by atoms with E-state index in [-0.39, 0.29) is 0 Å². The minimum absolute atomic E-state index is 0.756. The molecule has 0 saturated carbocycles. The predicted molar refractivity (Wildman–Crippen MR) is 88.4 cm³/mol. The van der Waals surface area contributed by atoms with Gasteiger partial charge < -0.3 is 5.43 Å². The van der Waals surface area contributed by atoms with Gasteiger partial charge in [0.05, 0.1) is 11.9 Å². The first-order valence-electron chi connectivity index (χ1n) is 7.64. The van der Waals surface area contributed by atoms with Crippen LogP contribution in [0.4, 0.5) is 5.82 Å². The van der Waals surface area contributed by atoms with Gasteiger partial charge in [-0.05, 0) is 45.3 Å². The molecule has 3 rings (SSSR count). The number of fused-ring (bicyclic) bond motifs is 1. The smallest absolute Gasteiger partial charge is 0.152 e. The number of aromatic nitrogens is 2. The number of nitrogens with two attached hydrogens (primary N) is 1. The highest BCUT2D eigenvalue weighted by Crippen LogP contribution is 2.33. The van der Waals surface area contributed by atoms with Crippen molar-refractivity contribution in [2.75, 3.05) is 18.5 Å². The summed E-state index contributed by atoms with van der Waals surface area (Å²) in [6, 6.07) is 0. The molecule has 1 aliphatic heterocycles. The van der Waals surface area contributed by atoms with Crippen LogP contribution in [0, 0.1) is 13.8 Å². The van der Waals surface area contributed by atoms with Gasteiger partial charge in [-0.2, -0.15) is 0 Å². The van der Waals surface area contributed by atoms with E-state index in [1.165, 1.54) is 36.1 Å². The van der Waals surface area contributed by atoms with Gasteiger partial charge in [0.2, 0.25) is 0 Å². The predicted octanol–water partition coefficient (Wildman–Crippen LogP) is 2.97. The fraction of sp³-hybridized carbons (Fsp3) is 0.600. The Morgan fingerprint density at radius 2 is 1.86 bits per heavy atom. The van der Waals surface area contributed by atoms with E-state index in [9.17, 15) is 0 Å². The molecule has 2 aromatic rings. The first-order chi connectivity index (χ1) is 10.2. The van der Waals surface area contributed by atoms with Crippen molar-refractivity contribution in [3.05, 3.63) is 16.3 Å². The summed E-state index contributed by atoms with van der Waals surface area (Å²) in [5.74, 6) is 7.30. The maximum absolute atomic E-state index is 5.67. The van der Waals surface area contributed by atoms with E-state index < -0.39 is 0 Å². The van der Waals surface area contributed by atoms with Crippen molar-refractivity contribution in [3.8, 4) is 0 Å². The van der Waals surface area contributed by atoms with Crippen molar-refractivity contribution in [1.82, 2.24) is 14.9 Å². The van der Waals surface area contributed by atoms with Crippen LogP contribution in [0.25, 0.3) is 10.2 Å². The number of thiophene rings is 1. The maximum atomic E-state index is 5.67. The van der Waals surface area contributed by atoms with Gasteiger partial charge in [0.1, 0.15) is 10.7 Å². The summed E-state index contributed by atoms with van der Waals surface area (Å²) >= 11 is 1.72. The van der Waals surface area contributed by atoms with Crippen molar-refractivity contribution < 1.29 is 0 Å². The van der Waals surface area contributed by atoms with Crippen LogP contribution in [0.1, 0.15) is 41.9 Å². The zero-order chi connectivity index (χ0) is 14.8. The fourth-order valence-corrected chi connectivity index (χ4v) is 4.01.